The van der Waals surface area contributed by atoms with E-state index in [9.17, 15) is 14.9 Å². The fraction of sp³-hybridized carbons (Fsp3) is 0.316. The molecule has 4 rings (SSSR count). The molecule has 1 N–H and O–H groups in total. The third-order valence-electron chi connectivity index (χ3n) is 5.12. The van der Waals surface area contributed by atoms with Crippen molar-refractivity contribution in [2.24, 2.45) is 5.92 Å². The summed E-state index contributed by atoms with van der Waals surface area (Å²) in [4.78, 5) is 22.3. The first-order valence-electron chi connectivity index (χ1n) is 8.43. The average molecular weight is 354 g/mol. The zero-order valence-corrected chi connectivity index (χ0v) is 14.2. The highest BCUT2D eigenvalue weighted by Crippen LogP contribution is 2.50. The van der Waals surface area contributed by atoms with Gasteiger partial charge in [-0.15, -0.1) is 0 Å². The second kappa shape index (κ2) is 6.42. The number of nitrogens with one attached hydrogen (secondary N) is 1. The highest BCUT2D eigenvalue weighted by Gasteiger charge is 2.42. The van der Waals surface area contributed by atoms with E-state index in [-0.39, 0.29) is 34.6 Å². The summed E-state index contributed by atoms with van der Waals surface area (Å²) in [7, 11) is 1.36. The number of anilines is 1. The van der Waals surface area contributed by atoms with Gasteiger partial charge in [0.15, 0.2) is 0 Å². The van der Waals surface area contributed by atoms with E-state index in [2.05, 4.69) is 5.32 Å². The molecule has 0 spiro atoms. The molecule has 0 aliphatic carbocycles. The molecule has 7 nitrogen and oxygen atoms in total. The normalized spacial score (nSPS) is 23.5. The molecule has 134 valence electrons. The molecular formula is C19H18N2O5. The molecule has 2 heterocycles. The highest BCUT2D eigenvalue weighted by atomic mass is 16.6. The molecule has 2 aliphatic heterocycles. The van der Waals surface area contributed by atoms with Crippen LogP contribution < -0.4 is 5.32 Å². The Morgan fingerprint density at radius 2 is 2.04 bits per heavy atom. The van der Waals surface area contributed by atoms with Crippen molar-refractivity contribution in [1.82, 2.24) is 0 Å². The number of rotatable bonds is 3. The van der Waals surface area contributed by atoms with Crippen LogP contribution in [-0.2, 0) is 9.47 Å². The van der Waals surface area contributed by atoms with Crippen molar-refractivity contribution in [3.63, 3.8) is 0 Å². The van der Waals surface area contributed by atoms with Gasteiger partial charge in [0.2, 0.25) is 0 Å². The molecule has 0 amide bonds. The molecule has 2 aromatic rings. The maximum absolute atomic E-state index is 11.6. The lowest BCUT2D eigenvalue weighted by Gasteiger charge is -2.36. The zero-order chi connectivity index (χ0) is 18.3. The number of nitro groups is 1. The molecular weight excluding hydrogens is 336 g/mol. The largest absolute Gasteiger partial charge is 0.465 e. The molecule has 2 aromatic carbocycles. The van der Waals surface area contributed by atoms with Crippen molar-refractivity contribution in [3.05, 3.63) is 69.3 Å². The van der Waals surface area contributed by atoms with Gasteiger partial charge in [-0.3, -0.25) is 10.1 Å². The SMILES string of the molecule is COC(=O)c1ccc([C@@H]2Nc3ccc([N+](=O)[O-])cc3[C@@H]3OCC[C@H]23)cc1. The van der Waals surface area contributed by atoms with Gasteiger partial charge in [0, 0.05) is 35.9 Å². The number of benzene rings is 2. The van der Waals surface area contributed by atoms with E-state index < -0.39 is 0 Å². The minimum absolute atomic E-state index is 0.0168. The number of fused-ring (bicyclic) bond motifs is 3. The Morgan fingerprint density at radius 1 is 1.27 bits per heavy atom. The maximum atomic E-state index is 11.6. The number of carbonyl (C=O) groups excluding carboxylic acids is 1. The summed E-state index contributed by atoms with van der Waals surface area (Å²) in [6, 6.07) is 12.2. The predicted octanol–water partition coefficient (Wildman–Crippen LogP) is 3.63. The van der Waals surface area contributed by atoms with Gasteiger partial charge >= 0.3 is 5.97 Å². The van der Waals surface area contributed by atoms with Gasteiger partial charge in [-0.2, -0.15) is 0 Å². The van der Waals surface area contributed by atoms with Crippen molar-refractivity contribution < 1.29 is 19.2 Å². The number of nitrogens with zero attached hydrogens (tertiary/aromatic N) is 1. The van der Waals surface area contributed by atoms with Crippen LogP contribution in [0.4, 0.5) is 11.4 Å². The van der Waals surface area contributed by atoms with Crippen molar-refractivity contribution in [3.8, 4) is 0 Å². The van der Waals surface area contributed by atoms with Gasteiger partial charge in [0.25, 0.3) is 5.69 Å². The van der Waals surface area contributed by atoms with E-state index in [0.29, 0.717) is 12.2 Å². The number of esters is 1. The summed E-state index contributed by atoms with van der Waals surface area (Å²) in [6.07, 6.45) is 0.694. The van der Waals surface area contributed by atoms with Gasteiger partial charge < -0.3 is 14.8 Å². The van der Waals surface area contributed by atoms with Gasteiger partial charge in [0.1, 0.15) is 0 Å². The Bertz CT molecular complexity index is 865. The van der Waals surface area contributed by atoms with Crippen LogP contribution >= 0.6 is 0 Å². The smallest absolute Gasteiger partial charge is 0.337 e. The Kier molecular flexibility index (Phi) is 4.08. The second-order valence-electron chi connectivity index (χ2n) is 6.51. The third kappa shape index (κ3) is 2.70. The summed E-state index contributed by atoms with van der Waals surface area (Å²) >= 11 is 0. The van der Waals surface area contributed by atoms with Crippen LogP contribution in [0.5, 0.6) is 0 Å². The van der Waals surface area contributed by atoms with Crippen molar-refractivity contribution in [2.45, 2.75) is 18.6 Å². The topological polar surface area (TPSA) is 90.7 Å². The van der Waals surface area contributed by atoms with E-state index in [1.54, 1.807) is 24.3 Å². The molecule has 0 bridgehead atoms. The third-order valence-corrected chi connectivity index (χ3v) is 5.12. The van der Waals surface area contributed by atoms with Crippen LogP contribution in [0.25, 0.3) is 0 Å². The lowest BCUT2D eigenvalue weighted by atomic mass is 9.81. The van der Waals surface area contributed by atoms with Crippen LogP contribution in [0.15, 0.2) is 42.5 Å². The van der Waals surface area contributed by atoms with Crippen LogP contribution in [0.3, 0.4) is 0 Å². The number of nitro benzene ring substituents is 1. The van der Waals surface area contributed by atoms with E-state index >= 15 is 0 Å². The van der Waals surface area contributed by atoms with Gasteiger partial charge in [-0.05, 0) is 30.2 Å². The molecule has 7 heteroatoms. The molecule has 3 atom stereocenters. The summed E-state index contributed by atoms with van der Waals surface area (Å²) in [5.41, 5.74) is 3.30. The summed E-state index contributed by atoms with van der Waals surface area (Å²) < 4.78 is 10.7. The quantitative estimate of drug-likeness (QED) is 0.514. The average Bonchev–Trinajstić information content (AvgIpc) is 3.16. The summed E-state index contributed by atoms with van der Waals surface area (Å²) in [6.45, 7) is 0.621. The molecule has 2 aliphatic rings. The first-order chi connectivity index (χ1) is 12.6. The number of ether oxygens (including phenoxy) is 2. The molecule has 1 saturated heterocycles. The Morgan fingerprint density at radius 3 is 2.73 bits per heavy atom. The molecule has 1 fully saturated rings. The van der Waals surface area contributed by atoms with Crippen molar-refractivity contribution >= 4 is 17.3 Å². The fourth-order valence-electron chi connectivity index (χ4n) is 3.85. The Hall–Kier alpha value is -2.93. The number of carbonyl (C=O) groups is 1. The lowest BCUT2D eigenvalue weighted by molar-refractivity contribution is -0.385. The van der Waals surface area contributed by atoms with Crippen LogP contribution in [-0.4, -0.2) is 24.6 Å². The van der Waals surface area contributed by atoms with E-state index in [4.69, 9.17) is 9.47 Å². The molecule has 0 unspecified atom stereocenters. The maximum Gasteiger partial charge on any atom is 0.337 e. The standard InChI is InChI=1S/C19H18N2O5/c1-25-19(22)12-4-2-11(3-5-12)17-14-8-9-26-18(14)15-10-13(21(23)24)6-7-16(15)20-17/h2-7,10,14,17-18,20H,8-9H2,1H3/t14-,17+,18-/m1/s1. The van der Waals surface area contributed by atoms with E-state index in [0.717, 1.165) is 23.2 Å². The molecule has 26 heavy (non-hydrogen) atoms. The first-order valence-corrected chi connectivity index (χ1v) is 8.43. The van der Waals surface area contributed by atoms with Crippen molar-refractivity contribution in [1.29, 1.82) is 0 Å². The number of methoxy groups -OCH3 is 1. The number of hydrogen-bond donors (Lipinski definition) is 1. The first kappa shape index (κ1) is 16.5. The van der Waals surface area contributed by atoms with Crippen LogP contribution in [0.2, 0.25) is 0 Å². The van der Waals surface area contributed by atoms with Crippen molar-refractivity contribution in [2.75, 3.05) is 19.0 Å². The Balaban J connectivity index is 1.69. The summed E-state index contributed by atoms with van der Waals surface area (Å²) in [5, 5.41) is 14.6. The second-order valence-corrected chi connectivity index (χ2v) is 6.51. The Labute approximate surface area is 150 Å². The van der Waals surface area contributed by atoms with E-state index in [1.807, 2.05) is 12.1 Å². The van der Waals surface area contributed by atoms with Crippen LogP contribution in [0, 0.1) is 16.0 Å². The van der Waals surface area contributed by atoms with Gasteiger partial charge in [-0.25, -0.2) is 4.79 Å². The summed E-state index contributed by atoms with van der Waals surface area (Å²) in [5.74, 6) is -0.193. The van der Waals surface area contributed by atoms with Gasteiger partial charge in [-0.1, -0.05) is 12.1 Å². The minimum atomic E-state index is -0.387. The monoisotopic (exact) mass is 354 g/mol. The molecule has 0 saturated carbocycles. The minimum Gasteiger partial charge on any atom is -0.465 e. The molecule has 0 radical (unpaired) electrons. The number of non-ortho nitro benzene ring substituents is 1. The zero-order valence-electron chi connectivity index (χ0n) is 14.2. The molecule has 0 aromatic heterocycles. The van der Waals surface area contributed by atoms with Gasteiger partial charge in [0.05, 0.1) is 29.7 Å². The fourth-order valence-corrected chi connectivity index (χ4v) is 3.85. The highest BCUT2D eigenvalue weighted by molar-refractivity contribution is 5.89. The van der Waals surface area contributed by atoms with Crippen LogP contribution in [0.1, 0.15) is 40.1 Å². The number of hydrogen-bond acceptors (Lipinski definition) is 6. The van der Waals surface area contributed by atoms with E-state index in [1.165, 1.54) is 13.2 Å². The lowest BCUT2D eigenvalue weighted by Crippen LogP contribution is -2.29. The predicted molar refractivity (Wildman–Crippen MR) is 94.0 cm³/mol.